The maximum absolute atomic E-state index is 5.59. The summed E-state index contributed by atoms with van der Waals surface area (Å²) in [6.45, 7) is 6.77. The summed E-state index contributed by atoms with van der Waals surface area (Å²) in [7, 11) is 1.66. The lowest BCUT2D eigenvalue weighted by Crippen LogP contribution is -3.14. The van der Waals surface area contributed by atoms with Gasteiger partial charge in [-0.2, -0.15) is 0 Å². The van der Waals surface area contributed by atoms with Crippen molar-refractivity contribution < 1.29 is 14.4 Å². The van der Waals surface area contributed by atoms with E-state index in [4.69, 9.17) is 21.7 Å². The quantitative estimate of drug-likeness (QED) is 0.663. The van der Waals surface area contributed by atoms with Crippen molar-refractivity contribution in [1.29, 1.82) is 0 Å². The van der Waals surface area contributed by atoms with Crippen LogP contribution >= 0.6 is 12.2 Å². The van der Waals surface area contributed by atoms with E-state index in [9.17, 15) is 0 Å². The lowest BCUT2D eigenvalue weighted by Gasteiger charge is -2.29. The molecule has 0 aromatic heterocycles. The van der Waals surface area contributed by atoms with Crippen LogP contribution in [0.3, 0.4) is 0 Å². The number of nitrogens with one attached hydrogen (secondary N) is 3. The highest BCUT2D eigenvalue weighted by atomic mass is 32.1. The van der Waals surface area contributed by atoms with Crippen LogP contribution in [0.5, 0.6) is 5.75 Å². The summed E-state index contributed by atoms with van der Waals surface area (Å²) in [5.74, 6) is 0.802. The Kier molecular flexibility index (Phi) is 7.04. The SMILES string of the molecule is COc1cccc(NC(=S)N[C@@H](C[NH+]2CCOCC2)c2ccc(C)cc2)c1. The molecule has 0 unspecified atom stereocenters. The number of aryl methyl sites for hydroxylation is 1. The molecule has 1 atom stereocenters. The van der Waals surface area contributed by atoms with Crippen molar-refractivity contribution in [1.82, 2.24) is 5.32 Å². The molecule has 27 heavy (non-hydrogen) atoms. The number of hydrogen-bond acceptors (Lipinski definition) is 3. The van der Waals surface area contributed by atoms with Gasteiger partial charge in [0.05, 0.1) is 20.3 Å². The number of anilines is 1. The first-order valence-electron chi connectivity index (χ1n) is 9.33. The molecule has 0 bridgehead atoms. The molecule has 1 heterocycles. The van der Waals surface area contributed by atoms with Gasteiger partial charge in [-0.3, -0.25) is 0 Å². The minimum atomic E-state index is 0.143. The van der Waals surface area contributed by atoms with Gasteiger partial charge < -0.3 is 25.0 Å². The van der Waals surface area contributed by atoms with Gasteiger partial charge in [0, 0.05) is 11.8 Å². The summed E-state index contributed by atoms with van der Waals surface area (Å²) in [6, 6.07) is 16.6. The Labute approximate surface area is 166 Å². The molecular formula is C21H28N3O2S+. The van der Waals surface area contributed by atoms with Crippen LogP contribution in [0.15, 0.2) is 48.5 Å². The third-order valence-electron chi connectivity index (χ3n) is 4.81. The minimum Gasteiger partial charge on any atom is -0.497 e. The molecule has 2 aromatic carbocycles. The first-order chi connectivity index (χ1) is 13.1. The Balaban J connectivity index is 1.69. The van der Waals surface area contributed by atoms with E-state index in [0.717, 1.165) is 44.3 Å². The van der Waals surface area contributed by atoms with Crippen molar-refractivity contribution in [2.75, 3.05) is 45.3 Å². The molecule has 1 fully saturated rings. The van der Waals surface area contributed by atoms with Crippen LogP contribution < -0.4 is 20.3 Å². The van der Waals surface area contributed by atoms with Crippen molar-refractivity contribution in [2.24, 2.45) is 0 Å². The Bertz CT molecular complexity index is 745. The fourth-order valence-corrected chi connectivity index (χ4v) is 3.49. The molecule has 1 aliphatic rings. The summed E-state index contributed by atoms with van der Waals surface area (Å²) in [6.07, 6.45) is 0. The highest BCUT2D eigenvalue weighted by Crippen LogP contribution is 2.17. The average Bonchev–Trinajstić information content (AvgIpc) is 2.69. The number of thiocarbonyl (C=S) groups is 1. The number of rotatable bonds is 6. The summed E-state index contributed by atoms with van der Waals surface area (Å²) >= 11 is 5.59. The molecule has 3 N–H and O–H groups in total. The van der Waals surface area contributed by atoms with Crippen LogP contribution in [0.25, 0.3) is 0 Å². The van der Waals surface area contributed by atoms with E-state index < -0.39 is 0 Å². The molecule has 6 heteroatoms. The minimum absolute atomic E-state index is 0.143. The Morgan fingerprint density at radius 3 is 2.63 bits per heavy atom. The first-order valence-corrected chi connectivity index (χ1v) is 9.74. The van der Waals surface area contributed by atoms with Gasteiger partial charge in [0.2, 0.25) is 0 Å². The van der Waals surface area contributed by atoms with E-state index in [2.05, 4.69) is 41.8 Å². The van der Waals surface area contributed by atoms with Crippen molar-refractivity contribution in [2.45, 2.75) is 13.0 Å². The van der Waals surface area contributed by atoms with Gasteiger partial charge in [-0.05, 0) is 36.8 Å². The second kappa shape index (κ2) is 9.69. The standard InChI is InChI=1S/C21H27N3O2S/c1-16-6-8-17(9-7-16)20(15-24-10-12-26-13-11-24)23-21(27)22-18-4-3-5-19(14-18)25-2/h3-9,14,20H,10-13,15H2,1-2H3,(H2,22,23,27)/p+1/t20-/m0/s1. The molecule has 0 spiro atoms. The lowest BCUT2D eigenvalue weighted by atomic mass is 10.0. The molecule has 2 aromatic rings. The molecule has 144 valence electrons. The third kappa shape index (κ3) is 5.92. The predicted octanol–water partition coefficient (Wildman–Crippen LogP) is 1.95. The molecular weight excluding hydrogens is 358 g/mol. The average molecular weight is 387 g/mol. The number of morpholine rings is 1. The molecule has 1 aliphatic heterocycles. The van der Waals surface area contributed by atoms with Crippen LogP contribution in [0.4, 0.5) is 5.69 Å². The van der Waals surface area contributed by atoms with Crippen molar-refractivity contribution in [3.05, 3.63) is 59.7 Å². The lowest BCUT2D eigenvalue weighted by molar-refractivity contribution is -0.909. The van der Waals surface area contributed by atoms with Gasteiger partial charge >= 0.3 is 0 Å². The molecule has 3 rings (SSSR count). The van der Waals surface area contributed by atoms with Gasteiger partial charge in [0.15, 0.2) is 5.11 Å². The summed E-state index contributed by atoms with van der Waals surface area (Å²) < 4.78 is 10.8. The van der Waals surface area contributed by atoms with E-state index in [1.165, 1.54) is 16.0 Å². The highest BCUT2D eigenvalue weighted by molar-refractivity contribution is 7.80. The zero-order chi connectivity index (χ0) is 19.1. The second-order valence-corrected chi connectivity index (χ2v) is 7.27. The fourth-order valence-electron chi connectivity index (χ4n) is 3.23. The molecule has 1 saturated heterocycles. The van der Waals surface area contributed by atoms with Gasteiger partial charge in [0.1, 0.15) is 31.4 Å². The second-order valence-electron chi connectivity index (χ2n) is 6.86. The van der Waals surface area contributed by atoms with E-state index in [-0.39, 0.29) is 6.04 Å². The molecule has 0 aliphatic carbocycles. The maximum atomic E-state index is 5.59. The molecule has 0 radical (unpaired) electrons. The topological polar surface area (TPSA) is 47.0 Å². The largest absolute Gasteiger partial charge is 0.497 e. The van der Waals surface area contributed by atoms with Crippen LogP contribution in [-0.4, -0.2) is 45.1 Å². The summed E-state index contributed by atoms with van der Waals surface area (Å²) in [5, 5.41) is 7.39. The molecule has 0 amide bonds. The zero-order valence-electron chi connectivity index (χ0n) is 16.0. The molecule has 0 saturated carbocycles. The van der Waals surface area contributed by atoms with Gasteiger partial charge in [-0.1, -0.05) is 35.9 Å². The number of benzene rings is 2. The first kappa shape index (κ1) is 19.6. The maximum Gasteiger partial charge on any atom is 0.171 e. The van der Waals surface area contributed by atoms with E-state index in [0.29, 0.717) is 5.11 Å². The third-order valence-corrected chi connectivity index (χ3v) is 5.03. The number of ether oxygens (including phenoxy) is 2. The van der Waals surface area contributed by atoms with E-state index in [1.54, 1.807) is 7.11 Å². The van der Waals surface area contributed by atoms with Gasteiger partial charge in [-0.15, -0.1) is 0 Å². The zero-order valence-corrected chi connectivity index (χ0v) is 16.8. The Morgan fingerprint density at radius 1 is 1.19 bits per heavy atom. The smallest absolute Gasteiger partial charge is 0.171 e. The predicted molar refractivity (Wildman–Crippen MR) is 113 cm³/mol. The van der Waals surface area contributed by atoms with Crippen LogP contribution in [-0.2, 0) is 4.74 Å². The Morgan fingerprint density at radius 2 is 1.93 bits per heavy atom. The monoisotopic (exact) mass is 386 g/mol. The van der Waals surface area contributed by atoms with Gasteiger partial charge in [0.25, 0.3) is 0 Å². The Hall–Kier alpha value is -2.15. The number of quaternary nitrogens is 1. The van der Waals surface area contributed by atoms with Crippen LogP contribution in [0, 0.1) is 6.92 Å². The van der Waals surface area contributed by atoms with Gasteiger partial charge in [-0.25, -0.2) is 0 Å². The van der Waals surface area contributed by atoms with Crippen LogP contribution in [0.1, 0.15) is 17.2 Å². The number of hydrogen-bond donors (Lipinski definition) is 3. The van der Waals surface area contributed by atoms with Crippen molar-refractivity contribution in [3.63, 3.8) is 0 Å². The molecule has 5 nitrogen and oxygen atoms in total. The fraction of sp³-hybridized carbons (Fsp3) is 0.381. The summed E-state index contributed by atoms with van der Waals surface area (Å²) in [5.41, 5.74) is 3.41. The summed E-state index contributed by atoms with van der Waals surface area (Å²) in [4.78, 5) is 1.53. The number of methoxy groups -OCH3 is 1. The van der Waals surface area contributed by atoms with Crippen molar-refractivity contribution in [3.8, 4) is 5.75 Å². The normalized spacial score (nSPS) is 15.8. The van der Waals surface area contributed by atoms with Crippen LogP contribution in [0.2, 0.25) is 0 Å². The van der Waals surface area contributed by atoms with Crippen molar-refractivity contribution >= 4 is 23.0 Å². The van der Waals surface area contributed by atoms with E-state index in [1.807, 2.05) is 24.3 Å². The van der Waals surface area contributed by atoms with E-state index >= 15 is 0 Å². The highest BCUT2D eigenvalue weighted by Gasteiger charge is 2.22.